The molecule has 2 aliphatic rings. The fourth-order valence-corrected chi connectivity index (χ4v) is 3.67. The van der Waals surface area contributed by atoms with Gasteiger partial charge in [0.05, 0.1) is 5.41 Å². The molecule has 0 aromatic carbocycles. The predicted molar refractivity (Wildman–Crippen MR) is 79.1 cm³/mol. The largest absolute Gasteiger partial charge is 0.435 e. The van der Waals surface area contributed by atoms with Crippen LogP contribution in [0.25, 0.3) is 0 Å². The Hall–Kier alpha value is -0.570. The molecule has 3 nitrogen and oxygen atoms in total. The summed E-state index contributed by atoms with van der Waals surface area (Å²) in [5.74, 6) is 2.35. The average Bonchev–Trinajstić information content (AvgIpc) is 3.01. The topological polar surface area (TPSA) is 35.5 Å². The third kappa shape index (κ3) is 3.55. The number of esters is 1. The lowest BCUT2D eigenvalue weighted by molar-refractivity contribution is -0.192. The summed E-state index contributed by atoms with van der Waals surface area (Å²) in [5.41, 5.74) is -0.413. The minimum atomic E-state index is -0.413. The van der Waals surface area contributed by atoms with E-state index < -0.39 is 5.41 Å². The highest BCUT2D eigenvalue weighted by molar-refractivity contribution is 5.75. The number of carbonyl (C=O) groups excluding carboxylic acids is 1. The first-order chi connectivity index (χ1) is 9.46. The number of fused-ring (bicyclic) bond motifs is 2. The minimum Gasteiger partial charge on any atom is -0.435 e. The van der Waals surface area contributed by atoms with Gasteiger partial charge in [-0.05, 0) is 64.2 Å². The summed E-state index contributed by atoms with van der Waals surface area (Å²) in [4.78, 5) is 12.2. The normalized spacial score (nSPS) is 30.5. The molecule has 4 atom stereocenters. The van der Waals surface area contributed by atoms with Gasteiger partial charge >= 0.3 is 5.97 Å². The Kier molecular flexibility index (Phi) is 5.11. The van der Waals surface area contributed by atoms with Crippen molar-refractivity contribution in [3.05, 3.63) is 0 Å². The molecule has 4 unspecified atom stereocenters. The molecule has 0 amide bonds. The molecule has 0 radical (unpaired) electrons. The number of rotatable bonds is 7. The van der Waals surface area contributed by atoms with Crippen LogP contribution in [0, 0.1) is 23.2 Å². The van der Waals surface area contributed by atoms with Crippen LogP contribution in [-0.2, 0) is 14.3 Å². The van der Waals surface area contributed by atoms with E-state index >= 15 is 0 Å². The zero-order chi connectivity index (χ0) is 14.8. The number of hydrogen-bond acceptors (Lipinski definition) is 3. The zero-order valence-corrected chi connectivity index (χ0v) is 13.5. The van der Waals surface area contributed by atoms with Crippen molar-refractivity contribution in [1.82, 2.24) is 0 Å². The highest BCUT2D eigenvalue weighted by Crippen LogP contribution is 2.50. The zero-order valence-electron chi connectivity index (χ0n) is 13.5. The molecule has 2 bridgehead atoms. The Bertz CT molecular complexity index is 337. The monoisotopic (exact) mass is 282 g/mol. The Morgan fingerprint density at radius 1 is 1.25 bits per heavy atom. The van der Waals surface area contributed by atoms with Crippen molar-refractivity contribution >= 4 is 5.97 Å². The van der Waals surface area contributed by atoms with Gasteiger partial charge < -0.3 is 9.47 Å². The summed E-state index contributed by atoms with van der Waals surface area (Å²) in [5, 5.41) is 0. The molecule has 0 aromatic heterocycles. The number of carbonyl (C=O) groups is 1. The third-order valence-electron chi connectivity index (χ3n) is 5.41. The molecule has 2 rings (SSSR count). The van der Waals surface area contributed by atoms with E-state index in [4.69, 9.17) is 9.47 Å². The van der Waals surface area contributed by atoms with Gasteiger partial charge in [0.2, 0.25) is 6.29 Å². The maximum atomic E-state index is 12.2. The van der Waals surface area contributed by atoms with E-state index in [-0.39, 0.29) is 12.3 Å². The third-order valence-corrected chi connectivity index (χ3v) is 5.41. The minimum absolute atomic E-state index is 0.124. The molecule has 3 heteroatoms. The molecule has 0 heterocycles. The second kappa shape index (κ2) is 6.46. The summed E-state index contributed by atoms with van der Waals surface area (Å²) in [6, 6.07) is 0. The van der Waals surface area contributed by atoms with Crippen molar-refractivity contribution < 1.29 is 14.3 Å². The van der Waals surface area contributed by atoms with Crippen LogP contribution in [0.1, 0.15) is 66.2 Å². The maximum Gasteiger partial charge on any atom is 0.313 e. The average molecular weight is 282 g/mol. The molecule has 2 fully saturated rings. The van der Waals surface area contributed by atoms with Gasteiger partial charge in [-0.3, -0.25) is 4.79 Å². The van der Waals surface area contributed by atoms with Gasteiger partial charge in [0, 0.05) is 13.0 Å². The summed E-state index contributed by atoms with van der Waals surface area (Å²) < 4.78 is 11.3. The van der Waals surface area contributed by atoms with Crippen LogP contribution in [0.4, 0.5) is 0 Å². The van der Waals surface area contributed by atoms with Crippen molar-refractivity contribution in [3.63, 3.8) is 0 Å². The van der Waals surface area contributed by atoms with Gasteiger partial charge in [0.1, 0.15) is 0 Å². The van der Waals surface area contributed by atoms with Crippen LogP contribution in [0.3, 0.4) is 0 Å². The number of hydrogen-bond donors (Lipinski definition) is 0. The molecule has 20 heavy (non-hydrogen) atoms. The van der Waals surface area contributed by atoms with Gasteiger partial charge in [-0.2, -0.15) is 0 Å². The van der Waals surface area contributed by atoms with Crippen molar-refractivity contribution in [2.24, 2.45) is 23.2 Å². The molecule has 2 saturated carbocycles. The van der Waals surface area contributed by atoms with Crippen molar-refractivity contribution in [2.45, 2.75) is 72.5 Å². The second-order valence-electron chi connectivity index (χ2n) is 7.20. The lowest BCUT2D eigenvalue weighted by Gasteiger charge is -2.29. The van der Waals surface area contributed by atoms with E-state index in [2.05, 4.69) is 0 Å². The fourth-order valence-electron chi connectivity index (χ4n) is 3.67. The van der Waals surface area contributed by atoms with Gasteiger partial charge in [0.25, 0.3) is 0 Å². The molecule has 0 aliphatic heterocycles. The van der Waals surface area contributed by atoms with E-state index in [1.165, 1.54) is 25.7 Å². The Labute approximate surface area is 123 Å². The summed E-state index contributed by atoms with van der Waals surface area (Å²) in [7, 11) is 0. The molecule has 116 valence electrons. The Morgan fingerprint density at radius 3 is 2.50 bits per heavy atom. The molecular weight excluding hydrogens is 252 g/mol. The second-order valence-corrected chi connectivity index (χ2v) is 7.20. The van der Waals surface area contributed by atoms with E-state index in [9.17, 15) is 4.79 Å². The fraction of sp³-hybridized carbons (Fsp3) is 0.941. The quantitative estimate of drug-likeness (QED) is 0.519. The van der Waals surface area contributed by atoms with Gasteiger partial charge in [-0.15, -0.1) is 0 Å². The van der Waals surface area contributed by atoms with Gasteiger partial charge in [-0.1, -0.05) is 13.3 Å². The molecular formula is C17H30O3. The molecule has 0 aromatic rings. The van der Waals surface area contributed by atoms with Crippen molar-refractivity contribution in [3.8, 4) is 0 Å². The molecule has 0 spiro atoms. The Morgan fingerprint density at radius 2 is 2.00 bits per heavy atom. The van der Waals surface area contributed by atoms with Crippen molar-refractivity contribution in [2.75, 3.05) is 6.61 Å². The van der Waals surface area contributed by atoms with E-state index in [0.717, 1.165) is 24.7 Å². The van der Waals surface area contributed by atoms with E-state index in [0.29, 0.717) is 12.5 Å². The molecule has 2 aliphatic carbocycles. The van der Waals surface area contributed by atoms with Gasteiger partial charge in [-0.25, -0.2) is 0 Å². The maximum absolute atomic E-state index is 12.2. The SMILES string of the molecule is CCOC(CC1CC2CCC1C2)OC(=O)C(C)(C)CC. The summed E-state index contributed by atoms with van der Waals surface area (Å²) >= 11 is 0. The van der Waals surface area contributed by atoms with E-state index in [1.807, 2.05) is 27.7 Å². The summed E-state index contributed by atoms with van der Waals surface area (Å²) in [6.45, 7) is 8.47. The van der Waals surface area contributed by atoms with Crippen LogP contribution in [0.5, 0.6) is 0 Å². The molecule has 0 N–H and O–H groups in total. The number of ether oxygens (including phenoxy) is 2. The highest BCUT2D eigenvalue weighted by atomic mass is 16.7. The predicted octanol–water partition coefficient (Wildman–Crippen LogP) is 4.15. The van der Waals surface area contributed by atoms with Crippen LogP contribution >= 0.6 is 0 Å². The lowest BCUT2D eigenvalue weighted by atomic mass is 9.86. The first-order valence-corrected chi connectivity index (χ1v) is 8.29. The van der Waals surface area contributed by atoms with E-state index in [1.54, 1.807) is 0 Å². The highest BCUT2D eigenvalue weighted by Gasteiger charge is 2.41. The lowest BCUT2D eigenvalue weighted by Crippen LogP contribution is -2.33. The molecule has 0 saturated heterocycles. The van der Waals surface area contributed by atoms with Crippen molar-refractivity contribution in [1.29, 1.82) is 0 Å². The standard InChI is InChI=1S/C17H30O3/c1-5-17(3,4)16(18)20-15(19-6-2)11-14-10-12-7-8-13(14)9-12/h12-15H,5-11H2,1-4H3. The van der Waals surface area contributed by atoms with Crippen LogP contribution in [-0.4, -0.2) is 18.9 Å². The first kappa shape index (κ1) is 15.8. The Balaban J connectivity index is 1.88. The van der Waals surface area contributed by atoms with Crippen LogP contribution in [0.2, 0.25) is 0 Å². The van der Waals surface area contributed by atoms with Gasteiger partial charge in [0.15, 0.2) is 0 Å². The van der Waals surface area contributed by atoms with Crippen LogP contribution in [0.15, 0.2) is 0 Å². The van der Waals surface area contributed by atoms with Crippen LogP contribution < -0.4 is 0 Å². The smallest absolute Gasteiger partial charge is 0.313 e. The first-order valence-electron chi connectivity index (χ1n) is 8.29. The summed E-state index contributed by atoms with van der Waals surface area (Å²) in [6.07, 6.45) is 6.80.